The van der Waals surface area contributed by atoms with Gasteiger partial charge in [0.25, 0.3) is 0 Å². The molecule has 4 rings (SSSR count). The highest BCUT2D eigenvalue weighted by atomic mass is 32.1. The van der Waals surface area contributed by atoms with Gasteiger partial charge in [-0.3, -0.25) is 9.59 Å². The lowest BCUT2D eigenvalue weighted by atomic mass is 9.78. The molecule has 1 amide bonds. The number of fused-ring (bicyclic) bond motifs is 2. The Balaban J connectivity index is 1.70. The van der Waals surface area contributed by atoms with E-state index in [-0.39, 0.29) is 17.2 Å². The summed E-state index contributed by atoms with van der Waals surface area (Å²) in [5.74, 6) is -4.31. The maximum atomic E-state index is 13.4. The lowest BCUT2D eigenvalue weighted by Gasteiger charge is -2.23. The van der Waals surface area contributed by atoms with Gasteiger partial charge in [-0.1, -0.05) is 12.1 Å². The van der Waals surface area contributed by atoms with E-state index in [1.54, 1.807) is 26.0 Å². The average Bonchev–Trinajstić information content (AvgIpc) is 3.41. The van der Waals surface area contributed by atoms with Crippen molar-refractivity contribution in [2.45, 2.75) is 38.9 Å². The third-order valence-electron chi connectivity index (χ3n) is 5.79. The number of halogens is 1. The Morgan fingerprint density at radius 1 is 1.19 bits per heavy atom. The number of carboxylic acids is 1. The summed E-state index contributed by atoms with van der Waals surface area (Å²) in [5.41, 5.74) is 1.35. The molecule has 2 N–H and O–H groups in total. The summed E-state index contributed by atoms with van der Waals surface area (Å²) in [4.78, 5) is 38.4. The third-order valence-corrected chi connectivity index (χ3v) is 6.82. The number of anilines is 1. The zero-order chi connectivity index (χ0) is 22.3. The van der Waals surface area contributed by atoms with E-state index in [1.165, 1.54) is 23.5 Å². The van der Waals surface area contributed by atoms with E-state index in [2.05, 4.69) is 5.32 Å². The van der Waals surface area contributed by atoms with Gasteiger partial charge in [0.2, 0.25) is 5.91 Å². The molecule has 164 valence electrons. The molecule has 1 aromatic heterocycles. The van der Waals surface area contributed by atoms with Crippen LogP contribution in [0, 0.1) is 24.6 Å². The number of amides is 1. The highest BCUT2D eigenvalue weighted by molar-refractivity contribution is 7.17. The van der Waals surface area contributed by atoms with Gasteiger partial charge in [-0.25, -0.2) is 9.18 Å². The van der Waals surface area contributed by atoms with E-state index in [0.29, 0.717) is 24.0 Å². The minimum atomic E-state index is -1.06. The van der Waals surface area contributed by atoms with Crippen LogP contribution < -0.4 is 5.32 Å². The molecular formula is C22H22FNO6S. The van der Waals surface area contributed by atoms with Crippen LogP contribution in [0.2, 0.25) is 0 Å². The van der Waals surface area contributed by atoms with E-state index < -0.39 is 47.7 Å². The quantitative estimate of drug-likeness (QED) is 0.652. The Hall–Kier alpha value is -2.78. The van der Waals surface area contributed by atoms with Gasteiger partial charge in [0.15, 0.2) is 0 Å². The summed E-state index contributed by atoms with van der Waals surface area (Å²) in [6.07, 6.45) is 0.325. The van der Waals surface area contributed by atoms with E-state index in [4.69, 9.17) is 9.47 Å². The monoisotopic (exact) mass is 447 g/mol. The largest absolute Gasteiger partial charge is 0.481 e. The smallest absolute Gasteiger partial charge is 0.341 e. The first-order chi connectivity index (χ1) is 14.8. The molecule has 0 saturated carbocycles. The van der Waals surface area contributed by atoms with Crippen LogP contribution in [0.5, 0.6) is 0 Å². The van der Waals surface area contributed by atoms with Crippen molar-refractivity contribution in [1.82, 2.24) is 0 Å². The van der Waals surface area contributed by atoms with Crippen LogP contribution in [0.3, 0.4) is 0 Å². The summed E-state index contributed by atoms with van der Waals surface area (Å²) >= 11 is 1.20. The molecule has 2 bridgehead atoms. The van der Waals surface area contributed by atoms with E-state index in [9.17, 15) is 23.9 Å². The lowest BCUT2D eigenvalue weighted by molar-refractivity contribution is -0.147. The van der Waals surface area contributed by atoms with Crippen molar-refractivity contribution in [3.8, 4) is 11.1 Å². The van der Waals surface area contributed by atoms with Gasteiger partial charge < -0.3 is 19.9 Å². The first-order valence-electron chi connectivity index (χ1n) is 10.1. The number of aryl methyl sites for hydroxylation is 1. The second-order valence-corrected chi connectivity index (χ2v) is 8.86. The molecule has 31 heavy (non-hydrogen) atoms. The van der Waals surface area contributed by atoms with Crippen molar-refractivity contribution in [2.24, 2.45) is 11.8 Å². The Morgan fingerprint density at radius 3 is 2.45 bits per heavy atom. The zero-order valence-electron chi connectivity index (χ0n) is 17.0. The molecule has 0 radical (unpaired) electrons. The number of thiophene rings is 1. The zero-order valence-corrected chi connectivity index (χ0v) is 17.8. The van der Waals surface area contributed by atoms with Crippen LogP contribution in [-0.4, -0.2) is 41.8 Å². The van der Waals surface area contributed by atoms with Crippen LogP contribution in [0.25, 0.3) is 11.1 Å². The van der Waals surface area contributed by atoms with E-state index in [0.717, 1.165) is 4.88 Å². The molecule has 0 aliphatic carbocycles. The molecule has 4 atom stereocenters. The van der Waals surface area contributed by atoms with Crippen molar-refractivity contribution < 1.29 is 33.4 Å². The van der Waals surface area contributed by atoms with Gasteiger partial charge in [-0.15, -0.1) is 11.3 Å². The first-order valence-corrected chi connectivity index (χ1v) is 10.9. The summed E-state index contributed by atoms with van der Waals surface area (Å²) in [5, 5.41) is 12.6. The van der Waals surface area contributed by atoms with Crippen LogP contribution in [0.4, 0.5) is 9.39 Å². The van der Waals surface area contributed by atoms with E-state index in [1.807, 2.05) is 0 Å². The Labute approximate surface area is 182 Å². The van der Waals surface area contributed by atoms with Crippen LogP contribution >= 0.6 is 11.3 Å². The number of carbonyl (C=O) groups excluding carboxylic acids is 2. The standard InChI is InChI=1S/C22H22FNO6S/c1-3-29-22(28)18-15(11-4-6-12(23)7-5-11)10(2)31-20(18)24-19(25)16-13-8-9-14(30-13)17(16)21(26)27/h4-7,13-14,16-17H,3,8-9H2,1-2H3,(H,24,25)(H,26,27)/t13-,14-,16-,17-/m0/s1. The van der Waals surface area contributed by atoms with Crippen LogP contribution in [-0.2, 0) is 19.1 Å². The number of carbonyl (C=O) groups is 3. The van der Waals surface area contributed by atoms with Crippen LogP contribution in [0.1, 0.15) is 35.0 Å². The number of hydrogen-bond donors (Lipinski definition) is 2. The fourth-order valence-corrected chi connectivity index (χ4v) is 5.58. The number of esters is 1. The molecule has 0 spiro atoms. The number of carboxylic acid groups (broad SMARTS) is 1. The molecule has 1 aromatic carbocycles. The van der Waals surface area contributed by atoms with Crippen molar-refractivity contribution >= 4 is 34.2 Å². The van der Waals surface area contributed by atoms with Crippen molar-refractivity contribution in [3.05, 3.63) is 40.5 Å². The number of aliphatic carboxylic acids is 1. The SMILES string of the molecule is CCOC(=O)c1c(NC(=O)[C@@H]2[C@@H](C(=O)O)[C@@H]3CC[C@@H]2O3)sc(C)c1-c1ccc(F)cc1. The molecular weight excluding hydrogens is 425 g/mol. The number of rotatable bonds is 6. The summed E-state index contributed by atoms with van der Waals surface area (Å²) in [6.45, 7) is 3.62. The second kappa shape index (κ2) is 8.39. The van der Waals surface area contributed by atoms with Crippen LogP contribution in [0.15, 0.2) is 24.3 Å². The topological polar surface area (TPSA) is 102 Å². The van der Waals surface area contributed by atoms with Gasteiger partial charge in [-0.2, -0.15) is 0 Å². The number of ether oxygens (including phenoxy) is 2. The first kappa shape index (κ1) is 21.5. The highest BCUT2D eigenvalue weighted by Crippen LogP contribution is 2.45. The predicted molar refractivity (Wildman–Crippen MR) is 112 cm³/mol. The number of nitrogens with one attached hydrogen (secondary N) is 1. The van der Waals surface area contributed by atoms with Crippen molar-refractivity contribution in [1.29, 1.82) is 0 Å². The van der Waals surface area contributed by atoms with Gasteiger partial charge in [0, 0.05) is 10.4 Å². The minimum absolute atomic E-state index is 0.144. The molecule has 0 unspecified atom stereocenters. The van der Waals surface area contributed by atoms with Gasteiger partial charge in [0.1, 0.15) is 16.4 Å². The van der Waals surface area contributed by atoms with Gasteiger partial charge in [0.05, 0.1) is 30.7 Å². The molecule has 2 aromatic rings. The summed E-state index contributed by atoms with van der Waals surface area (Å²) < 4.78 is 24.3. The summed E-state index contributed by atoms with van der Waals surface area (Å²) in [7, 11) is 0. The Kier molecular flexibility index (Phi) is 5.81. The molecule has 2 aliphatic rings. The maximum absolute atomic E-state index is 13.4. The van der Waals surface area contributed by atoms with Crippen molar-refractivity contribution in [3.63, 3.8) is 0 Å². The van der Waals surface area contributed by atoms with Crippen molar-refractivity contribution in [2.75, 3.05) is 11.9 Å². The fourth-order valence-electron chi connectivity index (χ4n) is 4.51. The average molecular weight is 447 g/mol. The lowest BCUT2D eigenvalue weighted by Crippen LogP contribution is -2.41. The highest BCUT2D eigenvalue weighted by Gasteiger charge is 2.55. The van der Waals surface area contributed by atoms with Gasteiger partial charge >= 0.3 is 11.9 Å². The second-order valence-electron chi connectivity index (χ2n) is 7.63. The number of benzene rings is 1. The van der Waals surface area contributed by atoms with E-state index >= 15 is 0 Å². The maximum Gasteiger partial charge on any atom is 0.341 e. The molecule has 7 nitrogen and oxygen atoms in total. The fraction of sp³-hybridized carbons (Fsp3) is 0.409. The summed E-state index contributed by atoms with van der Waals surface area (Å²) in [6, 6.07) is 5.71. The molecule has 2 aliphatic heterocycles. The molecule has 2 fully saturated rings. The minimum Gasteiger partial charge on any atom is -0.481 e. The Morgan fingerprint density at radius 2 is 1.84 bits per heavy atom. The predicted octanol–water partition coefficient (Wildman–Crippen LogP) is 3.86. The Bertz CT molecular complexity index is 1030. The van der Waals surface area contributed by atoms with Gasteiger partial charge in [-0.05, 0) is 44.4 Å². The number of hydrogen-bond acceptors (Lipinski definition) is 6. The molecule has 9 heteroatoms. The molecule has 3 heterocycles. The third kappa shape index (κ3) is 3.83. The molecule has 2 saturated heterocycles. The normalized spacial score (nSPS) is 24.2.